The van der Waals surface area contributed by atoms with Crippen molar-refractivity contribution in [2.75, 3.05) is 0 Å². The van der Waals surface area contributed by atoms with Crippen molar-refractivity contribution in [2.45, 2.75) is 26.3 Å². The maximum absolute atomic E-state index is 13.2. The molecule has 90 valence electrons. The van der Waals surface area contributed by atoms with E-state index in [2.05, 4.69) is 6.58 Å². The Morgan fingerprint density at radius 2 is 2.12 bits per heavy atom. The topological polar surface area (TPSA) is 46.2 Å². The lowest BCUT2D eigenvalue weighted by atomic mass is 9.98. The third-order valence-corrected chi connectivity index (χ3v) is 2.21. The second-order valence-electron chi connectivity index (χ2n) is 3.95. The van der Waals surface area contributed by atoms with Gasteiger partial charge < -0.3 is 10.8 Å². The normalized spacial score (nSPS) is 11.8. The largest absolute Gasteiger partial charge is 0.505 e. The van der Waals surface area contributed by atoms with E-state index in [1.54, 1.807) is 13.0 Å². The molecule has 0 radical (unpaired) electrons. The summed E-state index contributed by atoms with van der Waals surface area (Å²) in [5, 5.41) is 9.52. The van der Waals surface area contributed by atoms with E-state index < -0.39 is 11.9 Å². The number of phenols is 1. The average Bonchev–Trinajstić information content (AvgIpc) is 2.09. The van der Waals surface area contributed by atoms with Gasteiger partial charge in [0.25, 0.3) is 0 Å². The number of nitrogens with two attached hydrogens (primary N) is 1. The van der Waals surface area contributed by atoms with Gasteiger partial charge in [0.05, 0.1) is 0 Å². The van der Waals surface area contributed by atoms with Crippen LogP contribution < -0.4 is 5.73 Å². The van der Waals surface area contributed by atoms with Crippen LogP contribution >= 0.6 is 12.4 Å². The van der Waals surface area contributed by atoms with Gasteiger partial charge in [-0.1, -0.05) is 11.6 Å². The van der Waals surface area contributed by atoms with E-state index in [0.717, 1.165) is 11.1 Å². The minimum absolute atomic E-state index is 0. The Morgan fingerprint density at radius 3 is 2.62 bits per heavy atom. The summed E-state index contributed by atoms with van der Waals surface area (Å²) < 4.78 is 13.2. The molecular formula is C12H17ClFNO. The zero-order valence-corrected chi connectivity index (χ0v) is 10.3. The second kappa shape index (κ2) is 5.87. The molecule has 0 unspecified atom stereocenters. The zero-order valence-electron chi connectivity index (χ0n) is 9.46. The average molecular weight is 246 g/mol. The van der Waals surface area contributed by atoms with Crippen LogP contribution in [-0.4, -0.2) is 5.11 Å². The minimum Gasteiger partial charge on any atom is -0.505 e. The number of halogens is 2. The summed E-state index contributed by atoms with van der Waals surface area (Å²) in [6.45, 7) is 7.35. The van der Waals surface area contributed by atoms with Crippen molar-refractivity contribution < 1.29 is 9.50 Å². The van der Waals surface area contributed by atoms with E-state index in [4.69, 9.17) is 5.73 Å². The Hall–Kier alpha value is -1.06. The lowest BCUT2D eigenvalue weighted by Gasteiger charge is -2.14. The molecule has 3 N–H and O–H groups in total. The Balaban J connectivity index is 0.00000225. The minimum atomic E-state index is -0.623. The number of aromatic hydroxyl groups is 1. The molecule has 0 spiro atoms. The van der Waals surface area contributed by atoms with Crippen molar-refractivity contribution in [3.63, 3.8) is 0 Å². The van der Waals surface area contributed by atoms with Crippen molar-refractivity contribution in [2.24, 2.45) is 5.73 Å². The number of hydrogen-bond acceptors (Lipinski definition) is 2. The zero-order chi connectivity index (χ0) is 11.6. The fourth-order valence-corrected chi connectivity index (χ4v) is 1.53. The number of rotatable bonds is 3. The Kier molecular flexibility index (Phi) is 5.48. The van der Waals surface area contributed by atoms with Gasteiger partial charge in [-0.3, -0.25) is 0 Å². The number of phenolic OH excluding ortho intramolecular Hbond substituents is 1. The van der Waals surface area contributed by atoms with Crippen LogP contribution in [0.4, 0.5) is 4.39 Å². The highest BCUT2D eigenvalue weighted by Gasteiger charge is 2.14. The van der Waals surface area contributed by atoms with Gasteiger partial charge in [0.15, 0.2) is 11.6 Å². The molecular weight excluding hydrogens is 229 g/mol. The van der Waals surface area contributed by atoms with Crippen LogP contribution in [0.5, 0.6) is 5.75 Å². The molecule has 1 atom stereocenters. The third-order valence-electron chi connectivity index (χ3n) is 2.21. The molecule has 16 heavy (non-hydrogen) atoms. The maximum Gasteiger partial charge on any atom is 0.165 e. The summed E-state index contributed by atoms with van der Waals surface area (Å²) in [6, 6.07) is 2.58. The van der Waals surface area contributed by atoms with E-state index in [1.807, 2.05) is 6.92 Å². The molecule has 4 heteroatoms. The van der Waals surface area contributed by atoms with E-state index in [0.29, 0.717) is 12.0 Å². The second-order valence-corrected chi connectivity index (χ2v) is 3.95. The highest BCUT2D eigenvalue weighted by Crippen LogP contribution is 2.29. The van der Waals surface area contributed by atoms with Crippen LogP contribution in [0.25, 0.3) is 0 Å². The first kappa shape index (κ1) is 14.9. The molecule has 0 aliphatic heterocycles. The Bertz CT molecular complexity index is 393. The van der Waals surface area contributed by atoms with Crippen molar-refractivity contribution in [3.8, 4) is 5.75 Å². The molecule has 1 aromatic rings. The first-order valence-corrected chi connectivity index (χ1v) is 4.80. The van der Waals surface area contributed by atoms with Gasteiger partial charge in [-0.05, 0) is 31.9 Å². The Labute approximate surface area is 101 Å². The summed E-state index contributed by atoms with van der Waals surface area (Å²) >= 11 is 0. The smallest absolute Gasteiger partial charge is 0.165 e. The van der Waals surface area contributed by atoms with Gasteiger partial charge in [0.2, 0.25) is 0 Å². The molecule has 0 saturated carbocycles. The summed E-state index contributed by atoms with van der Waals surface area (Å²) in [5.41, 5.74) is 7.94. The molecule has 1 aromatic carbocycles. The molecule has 0 fully saturated rings. The Morgan fingerprint density at radius 1 is 1.56 bits per heavy atom. The molecule has 0 aliphatic carbocycles. The van der Waals surface area contributed by atoms with Crippen LogP contribution in [0.15, 0.2) is 24.3 Å². The fraction of sp³-hybridized carbons (Fsp3) is 0.333. The van der Waals surface area contributed by atoms with Crippen molar-refractivity contribution in [3.05, 3.63) is 41.2 Å². The molecule has 0 aliphatic rings. The lowest BCUT2D eigenvalue weighted by Crippen LogP contribution is -2.11. The number of benzene rings is 1. The van der Waals surface area contributed by atoms with Crippen LogP contribution in [0, 0.1) is 12.7 Å². The van der Waals surface area contributed by atoms with Crippen molar-refractivity contribution in [1.82, 2.24) is 0 Å². The maximum atomic E-state index is 13.2. The first-order chi connectivity index (χ1) is 6.91. The molecule has 0 aromatic heterocycles. The van der Waals surface area contributed by atoms with E-state index in [9.17, 15) is 9.50 Å². The molecule has 0 amide bonds. The van der Waals surface area contributed by atoms with E-state index in [-0.39, 0.29) is 18.2 Å². The first-order valence-electron chi connectivity index (χ1n) is 4.80. The van der Waals surface area contributed by atoms with Crippen LogP contribution in [0.2, 0.25) is 0 Å². The van der Waals surface area contributed by atoms with Crippen LogP contribution in [0.3, 0.4) is 0 Å². The molecule has 0 bridgehead atoms. The monoisotopic (exact) mass is 245 g/mol. The quantitative estimate of drug-likeness (QED) is 0.804. The van der Waals surface area contributed by atoms with Gasteiger partial charge >= 0.3 is 0 Å². The number of aryl methyl sites for hydroxylation is 1. The molecule has 0 saturated heterocycles. The van der Waals surface area contributed by atoms with Gasteiger partial charge in [-0.15, -0.1) is 19.0 Å². The predicted octanol–water partition coefficient (Wildman–Crippen LogP) is 3.23. The van der Waals surface area contributed by atoms with Gasteiger partial charge in [-0.25, -0.2) is 4.39 Å². The summed E-state index contributed by atoms with van der Waals surface area (Å²) in [6.07, 6.45) is 0.538. The highest BCUT2D eigenvalue weighted by molar-refractivity contribution is 5.85. The van der Waals surface area contributed by atoms with Gasteiger partial charge in [0, 0.05) is 11.6 Å². The lowest BCUT2D eigenvalue weighted by molar-refractivity contribution is 0.420. The molecule has 2 nitrogen and oxygen atoms in total. The predicted molar refractivity (Wildman–Crippen MR) is 66.4 cm³/mol. The van der Waals surface area contributed by atoms with Crippen LogP contribution in [0.1, 0.15) is 30.5 Å². The standard InChI is InChI=1S/C12H16FNO.ClH/c1-7(2)4-11(14)9-5-8(3)6-10(13)12(9)15;/h5-6,11,15H,1,4,14H2,2-3H3;1H/t11-;/m1./s1. The van der Waals surface area contributed by atoms with E-state index >= 15 is 0 Å². The van der Waals surface area contributed by atoms with Gasteiger partial charge in [0.1, 0.15) is 0 Å². The van der Waals surface area contributed by atoms with Crippen molar-refractivity contribution >= 4 is 12.4 Å². The molecule has 0 heterocycles. The third kappa shape index (κ3) is 3.51. The van der Waals surface area contributed by atoms with E-state index in [1.165, 1.54) is 6.07 Å². The molecule has 1 rings (SSSR count). The summed E-state index contributed by atoms with van der Waals surface area (Å²) in [4.78, 5) is 0. The number of hydrogen-bond donors (Lipinski definition) is 2. The summed E-state index contributed by atoms with van der Waals surface area (Å²) in [7, 11) is 0. The van der Waals surface area contributed by atoms with Crippen LogP contribution in [-0.2, 0) is 0 Å². The van der Waals surface area contributed by atoms with Gasteiger partial charge in [-0.2, -0.15) is 0 Å². The van der Waals surface area contributed by atoms with Crippen molar-refractivity contribution in [1.29, 1.82) is 0 Å². The summed E-state index contributed by atoms with van der Waals surface area (Å²) in [5.74, 6) is -0.975. The fourth-order valence-electron chi connectivity index (χ4n) is 1.53. The highest BCUT2D eigenvalue weighted by atomic mass is 35.5. The SMILES string of the molecule is C=C(C)C[C@@H](N)c1cc(C)cc(F)c1O.Cl.